The van der Waals surface area contributed by atoms with E-state index in [4.69, 9.17) is 9.47 Å². The lowest BCUT2D eigenvalue weighted by Crippen LogP contribution is -2.15. The van der Waals surface area contributed by atoms with Crippen LogP contribution in [0.5, 0.6) is 17.2 Å². The molecule has 2 rings (SSSR count). The Bertz CT molecular complexity index is 634. The van der Waals surface area contributed by atoms with Crippen molar-refractivity contribution in [3.63, 3.8) is 0 Å². The van der Waals surface area contributed by atoms with E-state index in [1.807, 2.05) is 6.92 Å². The molecule has 0 amide bonds. The lowest BCUT2D eigenvalue weighted by molar-refractivity contribution is 0.411. The second-order valence-electron chi connectivity index (χ2n) is 4.56. The van der Waals surface area contributed by atoms with E-state index in [9.17, 15) is 4.39 Å². The molecule has 112 valence electrons. The first-order valence-corrected chi connectivity index (χ1v) is 7.33. The van der Waals surface area contributed by atoms with Crippen molar-refractivity contribution in [3.05, 3.63) is 52.3 Å². The van der Waals surface area contributed by atoms with Crippen molar-refractivity contribution >= 4 is 15.9 Å². The SMILES string of the molecule is CNC(C)c1c(F)cccc1Oc1ccc(OC)cc1Br. The number of rotatable bonds is 5. The van der Waals surface area contributed by atoms with Gasteiger partial charge in [0.2, 0.25) is 0 Å². The van der Waals surface area contributed by atoms with Crippen LogP contribution >= 0.6 is 15.9 Å². The fraction of sp³-hybridized carbons (Fsp3) is 0.250. The van der Waals surface area contributed by atoms with Crippen LogP contribution in [-0.2, 0) is 0 Å². The van der Waals surface area contributed by atoms with Gasteiger partial charge in [0.1, 0.15) is 23.1 Å². The van der Waals surface area contributed by atoms with Crippen LogP contribution in [0.1, 0.15) is 18.5 Å². The van der Waals surface area contributed by atoms with Crippen molar-refractivity contribution in [2.24, 2.45) is 0 Å². The molecule has 2 aromatic carbocycles. The zero-order valence-electron chi connectivity index (χ0n) is 12.1. The van der Waals surface area contributed by atoms with Gasteiger partial charge in [-0.15, -0.1) is 0 Å². The smallest absolute Gasteiger partial charge is 0.141 e. The van der Waals surface area contributed by atoms with Gasteiger partial charge in [-0.2, -0.15) is 0 Å². The highest BCUT2D eigenvalue weighted by Crippen LogP contribution is 2.36. The molecule has 0 radical (unpaired) electrons. The van der Waals surface area contributed by atoms with Gasteiger partial charge in [0.15, 0.2) is 0 Å². The van der Waals surface area contributed by atoms with Crippen LogP contribution < -0.4 is 14.8 Å². The van der Waals surface area contributed by atoms with Crippen LogP contribution in [0.2, 0.25) is 0 Å². The molecule has 0 aliphatic carbocycles. The maximum absolute atomic E-state index is 14.1. The molecule has 2 aromatic rings. The molecule has 3 nitrogen and oxygen atoms in total. The molecule has 21 heavy (non-hydrogen) atoms. The normalized spacial score (nSPS) is 12.0. The summed E-state index contributed by atoms with van der Waals surface area (Å²) in [5.41, 5.74) is 0.503. The van der Waals surface area contributed by atoms with Gasteiger partial charge in [-0.1, -0.05) is 6.07 Å². The molecule has 0 bridgehead atoms. The first kappa shape index (κ1) is 15.8. The van der Waals surface area contributed by atoms with Crippen molar-refractivity contribution in [2.45, 2.75) is 13.0 Å². The molecule has 0 spiro atoms. The van der Waals surface area contributed by atoms with Crippen LogP contribution in [0.15, 0.2) is 40.9 Å². The van der Waals surface area contributed by atoms with Crippen LogP contribution in [0.4, 0.5) is 4.39 Å². The number of nitrogens with one attached hydrogen (secondary N) is 1. The third kappa shape index (κ3) is 3.54. The Morgan fingerprint density at radius 3 is 2.57 bits per heavy atom. The van der Waals surface area contributed by atoms with E-state index < -0.39 is 0 Å². The Morgan fingerprint density at radius 1 is 1.19 bits per heavy atom. The van der Waals surface area contributed by atoms with Crippen molar-refractivity contribution in [1.29, 1.82) is 0 Å². The number of hydrogen-bond acceptors (Lipinski definition) is 3. The molecule has 1 N–H and O–H groups in total. The average molecular weight is 354 g/mol. The summed E-state index contributed by atoms with van der Waals surface area (Å²) in [5, 5.41) is 3.03. The molecule has 0 saturated heterocycles. The summed E-state index contributed by atoms with van der Waals surface area (Å²) in [4.78, 5) is 0. The third-order valence-corrected chi connectivity index (χ3v) is 3.86. The fourth-order valence-electron chi connectivity index (χ4n) is 1.98. The zero-order chi connectivity index (χ0) is 15.4. The number of halogens is 2. The Morgan fingerprint density at radius 2 is 1.95 bits per heavy atom. The third-order valence-electron chi connectivity index (χ3n) is 3.24. The predicted molar refractivity (Wildman–Crippen MR) is 84.6 cm³/mol. The summed E-state index contributed by atoms with van der Waals surface area (Å²) in [7, 11) is 3.38. The first-order chi connectivity index (χ1) is 10.1. The van der Waals surface area contributed by atoms with Gasteiger partial charge >= 0.3 is 0 Å². The largest absolute Gasteiger partial charge is 0.497 e. The molecule has 0 aliphatic rings. The lowest BCUT2D eigenvalue weighted by Gasteiger charge is -2.17. The molecule has 0 aliphatic heterocycles. The van der Waals surface area contributed by atoms with Gasteiger partial charge in [-0.25, -0.2) is 4.39 Å². The van der Waals surface area contributed by atoms with E-state index in [0.29, 0.717) is 17.1 Å². The molecule has 0 heterocycles. The highest BCUT2D eigenvalue weighted by Gasteiger charge is 2.16. The van der Waals surface area contributed by atoms with E-state index in [-0.39, 0.29) is 11.9 Å². The van der Waals surface area contributed by atoms with Crippen molar-refractivity contribution in [2.75, 3.05) is 14.2 Å². The van der Waals surface area contributed by atoms with Gasteiger partial charge in [0.25, 0.3) is 0 Å². The topological polar surface area (TPSA) is 30.5 Å². The second kappa shape index (κ2) is 6.91. The van der Waals surface area contributed by atoms with Gasteiger partial charge in [0, 0.05) is 11.6 Å². The van der Waals surface area contributed by atoms with Crippen molar-refractivity contribution < 1.29 is 13.9 Å². The molecule has 1 atom stereocenters. The molecule has 0 aromatic heterocycles. The summed E-state index contributed by atoms with van der Waals surface area (Å²) in [6.07, 6.45) is 0. The van der Waals surface area contributed by atoms with E-state index in [2.05, 4.69) is 21.2 Å². The van der Waals surface area contributed by atoms with E-state index in [1.54, 1.807) is 44.5 Å². The van der Waals surface area contributed by atoms with Crippen LogP contribution in [0, 0.1) is 5.82 Å². The summed E-state index contributed by atoms with van der Waals surface area (Å²) < 4.78 is 25.8. The Labute approximate surface area is 132 Å². The minimum Gasteiger partial charge on any atom is -0.497 e. The van der Waals surface area contributed by atoms with Gasteiger partial charge < -0.3 is 14.8 Å². The Kier molecular flexibility index (Phi) is 5.20. The second-order valence-corrected chi connectivity index (χ2v) is 5.41. The number of hydrogen-bond donors (Lipinski definition) is 1. The van der Waals surface area contributed by atoms with Crippen LogP contribution in [-0.4, -0.2) is 14.2 Å². The summed E-state index contributed by atoms with van der Waals surface area (Å²) in [6, 6.07) is 10.0. The van der Waals surface area contributed by atoms with E-state index in [0.717, 1.165) is 10.2 Å². The standard InChI is InChI=1S/C16H17BrFNO2/c1-10(19-2)16-13(18)5-4-6-15(16)21-14-8-7-11(20-3)9-12(14)17/h4-10,19H,1-3H3. The van der Waals surface area contributed by atoms with Gasteiger partial charge in [-0.05, 0) is 60.2 Å². The van der Waals surface area contributed by atoms with Crippen LogP contribution in [0.25, 0.3) is 0 Å². The minimum atomic E-state index is -0.293. The average Bonchev–Trinajstić information content (AvgIpc) is 2.48. The molecule has 5 heteroatoms. The van der Waals surface area contributed by atoms with Crippen LogP contribution in [0.3, 0.4) is 0 Å². The van der Waals surface area contributed by atoms with Gasteiger partial charge in [-0.3, -0.25) is 0 Å². The fourth-order valence-corrected chi connectivity index (χ4v) is 2.42. The maximum atomic E-state index is 14.1. The number of benzene rings is 2. The highest BCUT2D eigenvalue weighted by atomic mass is 79.9. The van der Waals surface area contributed by atoms with Gasteiger partial charge in [0.05, 0.1) is 11.6 Å². The molecular formula is C16H17BrFNO2. The van der Waals surface area contributed by atoms with Crippen molar-refractivity contribution in [3.8, 4) is 17.2 Å². The molecule has 0 fully saturated rings. The summed E-state index contributed by atoms with van der Waals surface area (Å²) in [5.74, 6) is 1.52. The minimum absolute atomic E-state index is 0.154. The summed E-state index contributed by atoms with van der Waals surface area (Å²) in [6.45, 7) is 1.88. The van der Waals surface area contributed by atoms with E-state index in [1.165, 1.54) is 6.07 Å². The zero-order valence-corrected chi connectivity index (χ0v) is 13.7. The quantitative estimate of drug-likeness (QED) is 0.847. The summed E-state index contributed by atoms with van der Waals surface area (Å²) >= 11 is 3.43. The number of ether oxygens (including phenoxy) is 2. The van der Waals surface area contributed by atoms with Crippen molar-refractivity contribution in [1.82, 2.24) is 5.32 Å². The molecule has 1 unspecified atom stereocenters. The van der Waals surface area contributed by atoms with E-state index >= 15 is 0 Å². The molecular weight excluding hydrogens is 337 g/mol. The maximum Gasteiger partial charge on any atom is 0.141 e. The lowest BCUT2D eigenvalue weighted by atomic mass is 10.1. The molecule has 0 saturated carbocycles. The predicted octanol–water partition coefficient (Wildman–Crippen LogP) is 4.67. The highest BCUT2D eigenvalue weighted by molar-refractivity contribution is 9.10. The first-order valence-electron chi connectivity index (χ1n) is 6.54. The Balaban J connectivity index is 2.38. The monoisotopic (exact) mass is 353 g/mol. The Hall–Kier alpha value is -1.59. The number of methoxy groups -OCH3 is 1.